The fraction of sp³-hybridized carbons (Fsp3) is 0.190. The van der Waals surface area contributed by atoms with E-state index in [1.807, 2.05) is 0 Å². The van der Waals surface area contributed by atoms with Gasteiger partial charge in [-0.15, -0.1) is 0 Å². The summed E-state index contributed by atoms with van der Waals surface area (Å²) < 4.78 is 41.4. The Labute approximate surface area is 168 Å². The van der Waals surface area contributed by atoms with Gasteiger partial charge in [-0.25, -0.2) is 13.2 Å². The summed E-state index contributed by atoms with van der Waals surface area (Å²) in [7, 11) is 0. The highest BCUT2D eigenvalue weighted by Gasteiger charge is 2.31. The van der Waals surface area contributed by atoms with Crippen molar-refractivity contribution < 1.29 is 27.6 Å². The summed E-state index contributed by atoms with van der Waals surface area (Å²) in [5.74, 6) is -3.52. The predicted molar refractivity (Wildman–Crippen MR) is 102 cm³/mol. The number of rotatable bonds is 5. The Bertz CT molecular complexity index is 1170. The van der Waals surface area contributed by atoms with Crippen molar-refractivity contribution in [2.24, 2.45) is 0 Å². The van der Waals surface area contributed by atoms with Crippen LogP contribution in [0, 0.1) is 17.5 Å². The minimum Gasteiger partial charge on any atom is -0.352 e. The summed E-state index contributed by atoms with van der Waals surface area (Å²) in [6, 6.07) is 6.45. The molecule has 0 spiro atoms. The number of hydrogen-bond acceptors (Lipinski definition) is 3. The van der Waals surface area contributed by atoms with Gasteiger partial charge in [-0.3, -0.25) is 19.7 Å². The van der Waals surface area contributed by atoms with E-state index in [1.165, 1.54) is 24.3 Å². The van der Waals surface area contributed by atoms with Crippen LogP contribution in [0.2, 0.25) is 0 Å². The van der Waals surface area contributed by atoms with Gasteiger partial charge >= 0.3 is 0 Å². The van der Waals surface area contributed by atoms with Gasteiger partial charge in [-0.2, -0.15) is 0 Å². The Morgan fingerprint density at radius 1 is 1.07 bits per heavy atom. The number of fused-ring (bicyclic) bond motifs is 1. The Morgan fingerprint density at radius 2 is 1.80 bits per heavy atom. The van der Waals surface area contributed by atoms with Crippen LogP contribution in [-0.2, 0) is 20.8 Å². The second-order valence-electron chi connectivity index (χ2n) is 7.03. The maximum Gasteiger partial charge on any atom is 0.249 e. The molecule has 0 aliphatic carbocycles. The number of benzene rings is 2. The molecule has 0 bridgehead atoms. The van der Waals surface area contributed by atoms with E-state index in [4.69, 9.17) is 0 Å². The zero-order valence-corrected chi connectivity index (χ0v) is 15.5. The van der Waals surface area contributed by atoms with Gasteiger partial charge < -0.3 is 10.3 Å². The predicted octanol–water partition coefficient (Wildman–Crippen LogP) is 2.72. The molecule has 0 radical (unpaired) electrons. The molecule has 0 saturated carbocycles. The normalized spacial score (nSPS) is 16.2. The standard InChI is InChI=1S/C21H16F3N3O3/c22-11-3-1-10(2-4-11)19-13(14-7-12(23)8-15(24)20(14)27-19)5-6-17(28)25-16-9-18(29)26-21(16)30/h1-4,7-8,16,27H,5-6,9H2,(H,25,28)(H,26,29,30)/t16-/m1/s1. The Hall–Kier alpha value is -3.62. The molecule has 1 aliphatic rings. The van der Waals surface area contributed by atoms with Crippen LogP contribution in [0.15, 0.2) is 36.4 Å². The van der Waals surface area contributed by atoms with E-state index in [0.29, 0.717) is 16.8 Å². The van der Waals surface area contributed by atoms with Crippen molar-refractivity contribution in [2.75, 3.05) is 0 Å². The van der Waals surface area contributed by atoms with Crippen LogP contribution in [-0.4, -0.2) is 28.7 Å². The highest BCUT2D eigenvalue weighted by molar-refractivity contribution is 6.06. The van der Waals surface area contributed by atoms with E-state index in [0.717, 1.165) is 12.1 Å². The summed E-state index contributed by atoms with van der Waals surface area (Å²) in [4.78, 5) is 38.0. The number of H-pyrrole nitrogens is 1. The van der Waals surface area contributed by atoms with Gasteiger partial charge in [0.25, 0.3) is 0 Å². The van der Waals surface area contributed by atoms with E-state index < -0.39 is 41.2 Å². The highest BCUT2D eigenvalue weighted by atomic mass is 19.1. The third-order valence-electron chi connectivity index (χ3n) is 4.97. The Morgan fingerprint density at radius 3 is 2.47 bits per heavy atom. The SMILES string of the molecule is O=C1C[C@@H](NC(=O)CCc2c(-c3ccc(F)cc3)[nH]c3c(F)cc(F)cc23)C(=O)N1. The van der Waals surface area contributed by atoms with Gasteiger partial charge in [-0.05, 0) is 47.9 Å². The molecule has 2 aromatic carbocycles. The largest absolute Gasteiger partial charge is 0.352 e. The van der Waals surface area contributed by atoms with Crippen molar-refractivity contribution in [1.29, 1.82) is 0 Å². The van der Waals surface area contributed by atoms with Gasteiger partial charge in [0, 0.05) is 23.6 Å². The molecule has 2 heterocycles. The number of aromatic nitrogens is 1. The lowest BCUT2D eigenvalue weighted by Crippen LogP contribution is -2.40. The first-order chi connectivity index (χ1) is 14.3. The van der Waals surface area contributed by atoms with Crippen LogP contribution >= 0.6 is 0 Å². The first-order valence-corrected chi connectivity index (χ1v) is 9.20. The number of amides is 3. The molecule has 3 N–H and O–H groups in total. The molecule has 1 aliphatic heterocycles. The van der Waals surface area contributed by atoms with Crippen molar-refractivity contribution in [3.8, 4) is 11.3 Å². The fourth-order valence-electron chi connectivity index (χ4n) is 3.57. The van der Waals surface area contributed by atoms with Gasteiger partial charge in [-0.1, -0.05) is 0 Å². The lowest BCUT2D eigenvalue weighted by atomic mass is 10.0. The zero-order valence-electron chi connectivity index (χ0n) is 15.5. The molecule has 3 aromatic rings. The molecule has 0 unspecified atom stereocenters. The van der Waals surface area contributed by atoms with E-state index in [1.54, 1.807) is 0 Å². The number of imide groups is 1. The molecule has 154 valence electrons. The summed E-state index contributed by atoms with van der Waals surface area (Å²) in [5.41, 5.74) is 1.55. The number of hydrogen-bond donors (Lipinski definition) is 3. The molecule has 30 heavy (non-hydrogen) atoms. The van der Waals surface area contributed by atoms with Crippen LogP contribution in [0.5, 0.6) is 0 Å². The van der Waals surface area contributed by atoms with E-state index in [-0.39, 0.29) is 30.2 Å². The number of nitrogens with one attached hydrogen (secondary N) is 3. The first kappa shape index (κ1) is 19.7. The van der Waals surface area contributed by atoms with Crippen LogP contribution in [0.3, 0.4) is 0 Å². The average molecular weight is 415 g/mol. The molecule has 9 heteroatoms. The number of carbonyl (C=O) groups is 3. The maximum atomic E-state index is 14.3. The summed E-state index contributed by atoms with van der Waals surface area (Å²) in [6.45, 7) is 0. The maximum absolute atomic E-state index is 14.3. The Kier molecular flexibility index (Phi) is 5.03. The molecule has 6 nitrogen and oxygen atoms in total. The summed E-state index contributed by atoms with van der Waals surface area (Å²) in [6.07, 6.45) is -0.115. The molecule has 1 saturated heterocycles. The number of aryl methyl sites for hydroxylation is 1. The van der Waals surface area contributed by atoms with Gasteiger partial charge in [0.1, 0.15) is 23.5 Å². The van der Waals surface area contributed by atoms with Crippen LogP contribution < -0.4 is 10.6 Å². The van der Waals surface area contributed by atoms with E-state index in [2.05, 4.69) is 15.6 Å². The summed E-state index contributed by atoms with van der Waals surface area (Å²) >= 11 is 0. The van der Waals surface area contributed by atoms with Crippen molar-refractivity contribution in [1.82, 2.24) is 15.6 Å². The molecule has 1 aromatic heterocycles. The van der Waals surface area contributed by atoms with E-state index in [9.17, 15) is 27.6 Å². The molecule has 1 fully saturated rings. The second-order valence-corrected chi connectivity index (χ2v) is 7.03. The Balaban J connectivity index is 1.64. The third kappa shape index (κ3) is 3.78. The number of aromatic amines is 1. The summed E-state index contributed by atoms with van der Waals surface area (Å²) in [5, 5.41) is 4.85. The molecule has 3 amide bonds. The monoisotopic (exact) mass is 415 g/mol. The minimum atomic E-state index is -0.931. The molecule has 1 atom stereocenters. The van der Waals surface area contributed by atoms with Gasteiger partial charge in [0.15, 0.2) is 0 Å². The highest BCUT2D eigenvalue weighted by Crippen LogP contribution is 2.33. The van der Waals surface area contributed by atoms with Crippen LogP contribution in [0.1, 0.15) is 18.4 Å². The van der Waals surface area contributed by atoms with E-state index >= 15 is 0 Å². The van der Waals surface area contributed by atoms with Crippen molar-refractivity contribution >= 4 is 28.6 Å². The second kappa shape index (κ2) is 7.66. The van der Waals surface area contributed by atoms with Crippen LogP contribution in [0.4, 0.5) is 13.2 Å². The number of halogens is 3. The van der Waals surface area contributed by atoms with Crippen LogP contribution in [0.25, 0.3) is 22.2 Å². The third-order valence-corrected chi connectivity index (χ3v) is 4.97. The zero-order chi connectivity index (χ0) is 21.4. The fourth-order valence-corrected chi connectivity index (χ4v) is 3.57. The smallest absolute Gasteiger partial charge is 0.249 e. The topological polar surface area (TPSA) is 91.1 Å². The van der Waals surface area contributed by atoms with Gasteiger partial charge in [0.2, 0.25) is 17.7 Å². The lowest BCUT2D eigenvalue weighted by molar-refractivity contribution is -0.128. The quantitative estimate of drug-likeness (QED) is 0.560. The molecular formula is C21H16F3N3O3. The van der Waals surface area contributed by atoms with Gasteiger partial charge in [0.05, 0.1) is 11.9 Å². The number of carbonyl (C=O) groups excluding carboxylic acids is 3. The molecular weight excluding hydrogens is 399 g/mol. The average Bonchev–Trinajstić information content (AvgIpc) is 3.20. The van der Waals surface area contributed by atoms with Crippen molar-refractivity contribution in [2.45, 2.75) is 25.3 Å². The van der Waals surface area contributed by atoms with Crippen molar-refractivity contribution in [3.05, 3.63) is 59.4 Å². The minimum absolute atomic E-state index is 0.0758. The first-order valence-electron chi connectivity index (χ1n) is 9.20. The van der Waals surface area contributed by atoms with Crippen molar-refractivity contribution in [3.63, 3.8) is 0 Å². The lowest BCUT2D eigenvalue weighted by Gasteiger charge is -2.10. The molecule has 4 rings (SSSR count).